The van der Waals surface area contributed by atoms with Gasteiger partial charge < -0.3 is 10.1 Å². The highest BCUT2D eigenvalue weighted by Crippen LogP contribution is 2.25. The molecule has 1 aliphatic rings. The molecular formula is C17H26N4O3S. The lowest BCUT2D eigenvalue weighted by Crippen LogP contribution is -2.34. The largest absolute Gasteiger partial charge is 0.370 e. The lowest BCUT2D eigenvalue weighted by atomic mass is 10.2. The van der Waals surface area contributed by atoms with E-state index in [1.54, 1.807) is 42.0 Å². The number of pyridine rings is 1. The van der Waals surface area contributed by atoms with Crippen LogP contribution in [0, 0.1) is 0 Å². The van der Waals surface area contributed by atoms with Crippen molar-refractivity contribution >= 4 is 20.8 Å². The second-order valence-electron chi connectivity index (χ2n) is 5.65. The van der Waals surface area contributed by atoms with E-state index in [0.29, 0.717) is 31.3 Å². The van der Waals surface area contributed by atoms with Gasteiger partial charge in [-0.2, -0.15) is 4.31 Å². The van der Waals surface area contributed by atoms with E-state index in [-0.39, 0.29) is 0 Å². The van der Waals surface area contributed by atoms with Crippen LogP contribution in [0.5, 0.6) is 0 Å². The van der Waals surface area contributed by atoms with Gasteiger partial charge in [0.15, 0.2) is 0 Å². The molecule has 25 heavy (non-hydrogen) atoms. The zero-order valence-electron chi connectivity index (χ0n) is 14.7. The fourth-order valence-electron chi connectivity index (χ4n) is 2.66. The number of methoxy groups -OCH3 is 1. The summed E-state index contributed by atoms with van der Waals surface area (Å²) in [6, 6.07) is 7.09. The summed E-state index contributed by atoms with van der Waals surface area (Å²) in [5.41, 5.74) is 0. The van der Waals surface area contributed by atoms with Gasteiger partial charge in [0.05, 0.1) is 11.6 Å². The Balaban J connectivity index is 0.000000399. The van der Waals surface area contributed by atoms with Crippen LogP contribution in [0.1, 0.15) is 6.42 Å². The van der Waals surface area contributed by atoms with E-state index in [9.17, 15) is 8.42 Å². The van der Waals surface area contributed by atoms with Crippen LogP contribution in [0.25, 0.3) is 10.8 Å². The summed E-state index contributed by atoms with van der Waals surface area (Å²) in [7, 11) is 0.0397. The van der Waals surface area contributed by atoms with Gasteiger partial charge in [-0.25, -0.2) is 8.42 Å². The van der Waals surface area contributed by atoms with Crippen molar-refractivity contribution < 1.29 is 13.2 Å². The number of rotatable bonds is 4. The molecule has 0 saturated carbocycles. The lowest BCUT2D eigenvalue weighted by molar-refractivity contribution is 0.183. The Morgan fingerprint density at radius 1 is 1.28 bits per heavy atom. The van der Waals surface area contributed by atoms with E-state index in [0.717, 1.165) is 23.7 Å². The highest BCUT2D eigenvalue weighted by molar-refractivity contribution is 7.89. The minimum absolute atomic E-state index is 0.374. The maximum atomic E-state index is 12.8. The van der Waals surface area contributed by atoms with E-state index in [4.69, 9.17) is 0 Å². The number of nitrogens with one attached hydrogen (secondary N) is 2. The van der Waals surface area contributed by atoms with Crippen LogP contribution in [0.2, 0.25) is 0 Å². The maximum absolute atomic E-state index is 12.8. The summed E-state index contributed by atoms with van der Waals surface area (Å²) in [6.45, 7) is 3.29. The number of benzene rings is 1. The zero-order chi connectivity index (χ0) is 18.1. The first-order valence-electron chi connectivity index (χ1n) is 8.28. The summed E-state index contributed by atoms with van der Waals surface area (Å²) in [6.07, 6.45) is 4.16. The summed E-state index contributed by atoms with van der Waals surface area (Å²) in [5, 5.41) is 7.60. The summed E-state index contributed by atoms with van der Waals surface area (Å²) < 4.78 is 31.8. The SMILES string of the molecule is CNCOC.O=S(=O)(c1cccc2cnccc12)N1CCCNCC1. The minimum atomic E-state index is -3.45. The van der Waals surface area contributed by atoms with Gasteiger partial charge in [-0.3, -0.25) is 10.3 Å². The lowest BCUT2D eigenvalue weighted by Gasteiger charge is -2.20. The monoisotopic (exact) mass is 366 g/mol. The second kappa shape index (κ2) is 9.79. The van der Waals surface area contributed by atoms with Gasteiger partial charge in [0.25, 0.3) is 0 Å². The van der Waals surface area contributed by atoms with E-state index in [1.807, 2.05) is 13.1 Å². The van der Waals surface area contributed by atoms with Crippen molar-refractivity contribution in [2.24, 2.45) is 0 Å². The maximum Gasteiger partial charge on any atom is 0.243 e. The van der Waals surface area contributed by atoms with Gasteiger partial charge in [-0.05, 0) is 32.1 Å². The molecule has 0 atom stereocenters. The van der Waals surface area contributed by atoms with E-state index >= 15 is 0 Å². The summed E-state index contributed by atoms with van der Waals surface area (Å²) in [4.78, 5) is 4.42. The number of ether oxygens (including phenoxy) is 1. The van der Waals surface area contributed by atoms with Gasteiger partial charge in [0.2, 0.25) is 10.0 Å². The van der Waals surface area contributed by atoms with Crippen molar-refractivity contribution in [3.8, 4) is 0 Å². The zero-order valence-corrected chi connectivity index (χ0v) is 15.6. The first-order chi connectivity index (χ1) is 12.1. The Morgan fingerprint density at radius 3 is 2.84 bits per heavy atom. The standard InChI is InChI=1S/C14H17N3O2S.C3H9NO/c18-20(19,17-9-2-6-15-8-10-17)14-4-1-3-12-11-16-7-5-13(12)14;1-4-3-5-2/h1,3-5,7,11,15H,2,6,8-10H2;4H,3H2,1-2H3. The summed E-state index contributed by atoms with van der Waals surface area (Å²) in [5.74, 6) is 0. The molecule has 3 rings (SSSR count). The molecule has 1 aliphatic heterocycles. The average molecular weight is 366 g/mol. The number of nitrogens with zero attached hydrogens (tertiary/aromatic N) is 2. The molecule has 1 saturated heterocycles. The third kappa shape index (κ3) is 5.20. The van der Waals surface area contributed by atoms with Gasteiger partial charge >= 0.3 is 0 Å². The van der Waals surface area contributed by atoms with Crippen LogP contribution in [0.3, 0.4) is 0 Å². The van der Waals surface area contributed by atoms with E-state index < -0.39 is 10.0 Å². The number of hydrogen-bond donors (Lipinski definition) is 2. The van der Waals surface area contributed by atoms with Crippen LogP contribution in [-0.4, -0.2) is 64.8 Å². The number of hydrogen-bond acceptors (Lipinski definition) is 6. The Bertz CT molecular complexity index is 752. The average Bonchev–Trinajstić information content (AvgIpc) is 2.92. The first kappa shape index (κ1) is 19.7. The van der Waals surface area contributed by atoms with Crippen LogP contribution < -0.4 is 10.6 Å². The molecule has 1 fully saturated rings. The highest BCUT2D eigenvalue weighted by atomic mass is 32.2. The predicted molar refractivity (Wildman–Crippen MR) is 98.9 cm³/mol. The van der Waals surface area contributed by atoms with E-state index in [2.05, 4.69) is 20.4 Å². The van der Waals surface area contributed by atoms with E-state index in [1.165, 1.54) is 0 Å². The molecule has 138 valence electrons. The highest BCUT2D eigenvalue weighted by Gasteiger charge is 2.26. The topological polar surface area (TPSA) is 83.6 Å². The molecular weight excluding hydrogens is 340 g/mol. The second-order valence-corrected chi connectivity index (χ2v) is 7.55. The minimum Gasteiger partial charge on any atom is -0.370 e. The van der Waals surface area contributed by atoms with Gasteiger partial charge in [0, 0.05) is 49.9 Å². The summed E-state index contributed by atoms with van der Waals surface area (Å²) >= 11 is 0. The molecule has 0 unspecified atom stereocenters. The Hall–Kier alpha value is -1.58. The van der Waals surface area contributed by atoms with Crippen LogP contribution in [-0.2, 0) is 14.8 Å². The molecule has 0 aliphatic carbocycles. The van der Waals surface area contributed by atoms with Gasteiger partial charge in [0.1, 0.15) is 0 Å². The normalized spacial score (nSPS) is 16.1. The van der Waals surface area contributed by atoms with Crippen LogP contribution in [0.15, 0.2) is 41.6 Å². The van der Waals surface area contributed by atoms with Crippen LogP contribution >= 0.6 is 0 Å². The third-order valence-corrected chi connectivity index (χ3v) is 5.80. The van der Waals surface area contributed by atoms with Crippen molar-refractivity contribution in [1.29, 1.82) is 0 Å². The van der Waals surface area contributed by atoms with Crippen molar-refractivity contribution in [3.05, 3.63) is 36.7 Å². The molecule has 0 spiro atoms. The predicted octanol–water partition coefficient (Wildman–Crippen LogP) is 1.03. The quantitative estimate of drug-likeness (QED) is 0.787. The molecule has 2 aromatic rings. The number of fused-ring (bicyclic) bond motifs is 1. The van der Waals surface area contributed by atoms with Crippen molar-refractivity contribution in [3.63, 3.8) is 0 Å². The fourth-order valence-corrected chi connectivity index (χ4v) is 4.36. The van der Waals surface area contributed by atoms with Gasteiger partial charge in [-0.1, -0.05) is 12.1 Å². The Morgan fingerprint density at radius 2 is 2.12 bits per heavy atom. The Kier molecular flexibility index (Phi) is 7.73. The van der Waals surface area contributed by atoms with Crippen LogP contribution in [0.4, 0.5) is 0 Å². The third-order valence-electron chi connectivity index (χ3n) is 3.85. The molecule has 0 bridgehead atoms. The molecule has 2 N–H and O–H groups in total. The number of sulfonamides is 1. The van der Waals surface area contributed by atoms with Crippen molar-refractivity contribution in [1.82, 2.24) is 19.9 Å². The first-order valence-corrected chi connectivity index (χ1v) is 9.72. The number of aromatic nitrogens is 1. The molecule has 1 aromatic heterocycles. The van der Waals surface area contributed by atoms with Crippen molar-refractivity contribution in [2.45, 2.75) is 11.3 Å². The Labute approximate surface area is 149 Å². The van der Waals surface area contributed by atoms with Crippen molar-refractivity contribution in [2.75, 3.05) is 47.1 Å². The fraction of sp³-hybridized carbons (Fsp3) is 0.471. The molecule has 0 amide bonds. The molecule has 1 aromatic carbocycles. The molecule has 2 heterocycles. The molecule has 0 radical (unpaired) electrons. The molecule has 7 nitrogen and oxygen atoms in total. The van der Waals surface area contributed by atoms with Gasteiger partial charge in [-0.15, -0.1) is 0 Å². The molecule has 8 heteroatoms. The smallest absolute Gasteiger partial charge is 0.243 e.